The minimum Gasteiger partial charge on any atom is -0.494 e. The third-order valence-electron chi connectivity index (χ3n) is 8.83. The van der Waals surface area contributed by atoms with Crippen molar-refractivity contribution in [2.24, 2.45) is 17.8 Å². The molecule has 0 heterocycles. The van der Waals surface area contributed by atoms with Crippen LogP contribution in [0.25, 0.3) is 0 Å². The number of hydrogen-bond donors (Lipinski definition) is 0. The molecule has 0 N–H and O–H groups in total. The summed E-state index contributed by atoms with van der Waals surface area (Å²) in [5, 5.41) is 0. The molecule has 2 saturated carbocycles. The lowest BCUT2D eigenvalue weighted by Gasteiger charge is -2.28. The largest absolute Gasteiger partial charge is 0.494 e. The number of esters is 1. The Morgan fingerprint density at radius 1 is 0.667 bits per heavy atom. The number of carbonyl (C=O) groups is 1. The number of benzene rings is 1. The summed E-state index contributed by atoms with van der Waals surface area (Å²) >= 11 is 0. The molecule has 2 aliphatic rings. The SMILES string of the molecule is CCCCCC[C@H]1CC[C@H](OC(=O)c2ccc(OCCC[C@H]3CC[C@H](CCCCC)CC3)cc2)CC1. The first kappa shape index (κ1) is 29.1. The molecule has 0 saturated heterocycles. The molecule has 0 spiro atoms. The first-order valence-corrected chi connectivity index (χ1v) is 15.6. The number of hydrogen-bond acceptors (Lipinski definition) is 3. The Balaban J connectivity index is 1.25. The maximum absolute atomic E-state index is 12.6. The molecule has 0 atom stereocenters. The topological polar surface area (TPSA) is 35.5 Å². The van der Waals surface area contributed by atoms with Crippen molar-refractivity contribution in [3.8, 4) is 5.75 Å². The van der Waals surface area contributed by atoms with Gasteiger partial charge in [0.1, 0.15) is 11.9 Å². The second-order valence-electron chi connectivity index (χ2n) is 11.8. The van der Waals surface area contributed by atoms with Crippen molar-refractivity contribution >= 4 is 5.97 Å². The Morgan fingerprint density at radius 2 is 1.17 bits per heavy atom. The van der Waals surface area contributed by atoms with Crippen LogP contribution in [0.3, 0.4) is 0 Å². The van der Waals surface area contributed by atoms with Crippen LogP contribution < -0.4 is 4.74 Å². The van der Waals surface area contributed by atoms with Crippen molar-refractivity contribution < 1.29 is 14.3 Å². The number of ether oxygens (including phenoxy) is 2. The molecular weight excluding hydrogens is 444 g/mol. The summed E-state index contributed by atoms with van der Waals surface area (Å²) in [5.74, 6) is 3.39. The van der Waals surface area contributed by atoms with E-state index < -0.39 is 0 Å². The van der Waals surface area contributed by atoms with E-state index in [0.717, 1.165) is 49.4 Å². The van der Waals surface area contributed by atoms with Crippen LogP contribution in [-0.4, -0.2) is 18.7 Å². The second kappa shape index (κ2) is 17.1. The molecule has 2 aliphatic carbocycles. The fourth-order valence-electron chi connectivity index (χ4n) is 6.36. The zero-order valence-corrected chi connectivity index (χ0v) is 23.5. The molecular formula is C33H54O3. The highest BCUT2D eigenvalue weighted by atomic mass is 16.5. The number of carbonyl (C=O) groups excluding carboxylic acids is 1. The molecule has 2 fully saturated rings. The number of unbranched alkanes of at least 4 members (excludes halogenated alkanes) is 5. The normalized spacial score (nSPS) is 24.4. The van der Waals surface area contributed by atoms with Gasteiger partial charge >= 0.3 is 5.97 Å². The molecule has 0 aliphatic heterocycles. The van der Waals surface area contributed by atoms with Crippen molar-refractivity contribution in [2.75, 3.05) is 6.61 Å². The van der Waals surface area contributed by atoms with Gasteiger partial charge in [0.2, 0.25) is 0 Å². The molecule has 3 nitrogen and oxygen atoms in total. The van der Waals surface area contributed by atoms with E-state index in [-0.39, 0.29) is 12.1 Å². The van der Waals surface area contributed by atoms with Crippen LogP contribution in [0.4, 0.5) is 0 Å². The summed E-state index contributed by atoms with van der Waals surface area (Å²) in [4.78, 5) is 12.6. The Bertz CT molecular complexity index is 696. The van der Waals surface area contributed by atoms with Crippen LogP contribution in [0.1, 0.15) is 146 Å². The molecule has 1 aromatic rings. The summed E-state index contributed by atoms with van der Waals surface area (Å²) < 4.78 is 11.8. The molecule has 0 aromatic heterocycles. The van der Waals surface area contributed by atoms with E-state index in [4.69, 9.17) is 9.47 Å². The summed E-state index contributed by atoms with van der Waals surface area (Å²) in [6.07, 6.45) is 25.0. The number of rotatable bonds is 16. The lowest BCUT2D eigenvalue weighted by molar-refractivity contribution is 0.0161. The highest BCUT2D eigenvalue weighted by molar-refractivity contribution is 5.89. The smallest absolute Gasteiger partial charge is 0.338 e. The lowest BCUT2D eigenvalue weighted by Crippen LogP contribution is -2.24. The van der Waals surface area contributed by atoms with Gasteiger partial charge in [-0.25, -0.2) is 4.79 Å². The third-order valence-corrected chi connectivity index (χ3v) is 8.83. The summed E-state index contributed by atoms with van der Waals surface area (Å²) in [5.41, 5.74) is 0.639. The monoisotopic (exact) mass is 498 g/mol. The molecule has 0 amide bonds. The molecule has 36 heavy (non-hydrogen) atoms. The summed E-state index contributed by atoms with van der Waals surface area (Å²) in [6.45, 7) is 5.33. The van der Waals surface area contributed by atoms with Gasteiger partial charge in [-0.15, -0.1) is 0 Å². The Labute approximate surface area is 222 Å². The van der Waals surface area contributed by atoms with E-state index in [1.807, 2.05) is 24.3 Å². The summed E-state index contributed by atoms with van der Waals surface area (Å²) in [6, 6.07) is 7.56. The maximum atomic E-state index is 12.6. The van der Waals surface area contributed by atoms with Gasteiger partial charge < -0.3 is 9.47 Å². The predicted octanol–water partition coefficient (Wildman–Crippen LogP) is 9.92. The van der Waals surface area contributed by atoms with E-state index in [1.165, 1.54) is 103 Å². The van der Waals surface area contributed by atoms with Crippen LogP contribution in [0.15, 0.2) is 24.3 Å². The fourth-order valence-corrected chi connectivity index (χ4v) is 6.36. The maximum Gasteiger partial charge on any atom is 0.338 e. The molecule has 204 valence electrons. The average Bonchev–Trinajstić information content (AvgIpc) is 2.91. The summed E-state index contributed by atoms with van der Waals surface area (Å²) in [7, 11) is 0. The quantitative estimate of drug-likeness (QED) is 0.168. The highest BCUT2D eigenvalue weighted by Gasteiger charge is 2.24. The van der Waals surface area contributed by atoms with Gasteiger partial charge in [0, 0.05) is 0 Å². The molecule has 3 rings (SSSR count). The van der Waals surface area contributed by atoms with Gasteiger partial charge in [0.15, 0.2) is 0 Å². The van der Waals surface area contributed by atoms with E-state index in [9.17, 15) is 4.79 Å². The first-order valence-electron chi connectivity index (χ1n) is 15.6. The van der Waals surface area contributed by atoms with E-state index in [1.54, 1.807) is 0 Å². The standard InChI is InChI=1S/C33H54O3/c1-3-5-7-9-12-28-18-22-32(23-19-28)36-33(34)30-20-24-31(25-21-30)35-26-10-13-29-16-14-27(15-17-29)11-8-6-4-2/h20-21,24-25,27-29,32H,3-19,22-23,26H2,1-2H3/t27-,28-,29-,32-. The zero-order chi connectivity index (χ0) is 25.4. The Hall–Kier alpha value is -1.51. The van der Waals surface area contributed by atoms with Gasteiger partial charge in [0.25, 0.3) is 0 Å². The van der Waals surface area contributed by atoms with Gasteiger partial charge in [0.05, 0.1) is 12.2 Å². The lowest BCUT2D eigenvalue weighted by atomic mass is 9.78. The van der Waals surface area contributed by atoms with Gasteiger partial charge in [-0.1, -0.05) is 97.3 Å². The van der Waals surface area contributed by atoms with Crippen LogP contribution >= 0.6 is 0 Å². The molecule has 0 unspecified atom stereocenters. The fraction of sp³-hybridized carbons (Fsp3) is 0.788. The average molecular weight is 499 g/mol. The van der Waals surface area contributed by atoms with Gasteiger partial charge in [-0.2, -0.15) is 0 Å². The van der Waals surface area contributed by atoms with Crippen LogP contribution in [0, 0.1) is 17.8 Å². The minimum atomic E-state index is -0.182. The van der Waals surface area contributed by atoms with Crippen molar-refractivity contribution in [1.82, 2.24) is 0 Å². The van der Waals surface area contributed by atoms with Crippen molar-refractivity contribution in [1.29, 1.82) is 0 Å². The third kappa shape index (κ3) is 10.9. The predicted molar refractivity (Wildman–Crippen MR) is 151 cm³/mol. The van der Waals surface area contributed by atoms with Gasteiger partial charge in [-0.05, 0) is 80.5 Å². The minimum absolute atomic E-state index is 0.0896. The van der Waals surface area contributed by atoms with E-state index in [2.05, 4.69) is 13.8 Å². The zero-order valence-electron chi connectivity index (χ0n) is 23.5. The Kier molecular flexibility index (Phi) is 13.8. The van der Waals surface area contributed by atoms with E-state index in [0.29, 0.717) is 5.56 Å². The Morgan fingerprint density at radius 3 is 1.75 bits per heavy atom. The van der Waals surface area contributed by atoms with Crippen LogP contribution in [-0.2, 0) is 4.74 Å². The van der Waals surface area contributed by atoms with Crippen molar-refractivity contribution in [3.05, 3.63) is 29.8 Å². The highest BCUT2D eigenvalue weighted by Crippen LogP contribution is 2.34. The molecule has 3 heteroatoms. The second-order valence-corrected chi connectivity index (χ2v) is 11.8. The first-order chi connectivity index (χ1) is 17.7. The van der Waals surface area contributed by atoms with Crippen LogP contribution in [0.2, 0.25) is 0 Å². The van der Waals surface area contributed by atoms with E-state index >= 15 is 0 Å². The molecule has 0 radical (unpaired) electrons. The van der Waals surface area contributed by atoms with Crippen molar-refractivity contribution in [2.45, 2.75) is 142 Å². The molecule has 0 bridgehead atoms. The van der Waals surface area contributed by atoms with Gasteiger partial charge in [-0.3, -0.25) is 0 Å². The molecule has 1 aromatic carbocycles. The van der Waals surface area contributed by atoms with Crippen molar-refractivity contribution in [3.63, 3.8) is 0 Å². The van der Waals surface area contributed by atoms with Crippen LogP contribution in [0.5, 0.6) is 5.75 Å².